The molecule has 2 rings (SSSR count). The second-order valence-corrected chi connectivity index (χ2v) is 6.38. The van der Waals surface area contributed by atoms with Crippen molar-refractivity contribution in [1.29, 1.82) is 0 Å². The van der Waals surface area contributed by atoms with Crippen LogP contribution in [0, 0.1) is 5.92 Å². The molecule has 1 aliphatic rings. The third-order valence-electron chi connectivity index (χ3n) is 4.20. The highest BCUT2D eigenvalue weighted by molar-refractivity contribution is 6.32. The second kappa shape index (κ2) is 6.24. The molecule has 4 nitrogen and oxygen atoms in total. The lowest BCUT2D eigenvalue weighted by molar-refractivity contribution is -0.163. The molecule has 0 spiro atoms. The number of halogens is 1. The van der Waals surface area contributed by atoms with E-state index in [9.17, 15) is 9.90 Å². The van der Waals surface area contributed by atoms with Crippen molar-refractivity contribution in [3.8, 4) is 5.75 Å². The number of aliphatic hydroxyl groups is 1. The molecule has 0 unspecified atom stereocenters. The Hall–Kier alpha value is -1.26. The van der Waals surface area contributed by atoms with E-state index in [1.807, 2.05) is 32.0 Å². The Morgan fingerprint density at radius 1 is 1.48 bits per heavy atom. The van der Waals surface area contributed by atoms with Crippen LogP contribution >= 0.6 is 11.6 Å². The monoisotopic (exact) mass is 311 g/mol. The number of nitrogens with zero attached hydrogens (tertiary/aromatic N) is 1. The standard InChI is InChI=1S/C16H22ClNO3/c1-11(2)16(20)9-18(10-16)15(19)7-5-12-4-6-14(21-3)13(17)8-12/h4,6,8,11,20H,5,7,9-10H2,1-3H3. The van der Waals surface area contributed by atoms with Crippen molar-refractivity contribution in [3.63, 3.8) is 0 Å². The second-order valence-electron chi connectivity index (χ2n) is 5.98. The lowest BCUT2D eigenvalue weighted by Crippen LogP contribution is -2.65. The van der Waals surface area contributed by atoms with Gasteiger partial charge in [0, 0.05) is 6.42 Å². The maximum atomic E-state index is 12.1. The Balaban J connectivity index is 1.84. The number of benzene rings is 1. The fourth-order valence-corrected chi connectivity index (χ4v) is 2.71. The van der Waals surface area contributed by atoms with Gasteiger partial charge in [-0.2, -0.15) is 0 Å². The van der Waals surface area contributed by atoms with Gasteiger partial charge in [-0.05, 0) is 30.0 Å². The van der Waals surface area contributed by atoms with Crippen LogP contribution in [0.2, 0.25) is 5.02 Å². The molecule has 5 heteroatoms. The van der Waals surface area contributed by atoms with Crippen LogP contribution in [0.3, 0.4) is 0 Å². The van der Waals surface area contributed by atoms with E-state index < -0.39 is 5.60 Å². The van der Waals surface area contributed by atoms with Crippen LogP contribution in [0.15, 0.2) is 18.2 Å². The van der Waals surface area contributed by atoms with Gasteiger partial charge in [-0.15, -0.1) is 0 Å². The van der Waals surface area contributed by atoms with Gasteiger partial charge < -0.3 is 14.7 Å². The zero-order valence-electron chi connectivity index (χ0n) is 12.7. The first-order chi connectivity index (χ1) is 9.85. The Morgan fingerprint density at radius 2 is 2.14 bits per heavy atom. The number of aryl methyl sites for hydroxylation is 1. The van der Waals surface area contributed by atoms with Crippen molar-refractivity contribution in [2.24, 2.45) is 5.92 Å². The number of methoxy groups -OCH3 is 1. The largest absolute Gasteiger partial charge is 0.495 e. The van der Waals surface area contributed by atoms with E-state index in [0.717, 1.165) is 5.56 Å². The summed E-state index contributed by atoms with van der Waals surface area (Å²) in [5.41, 5.74) is 0.299. The Bertz CT molecular complexity index is 524. The summed E-state index contributed by atoms with van der Waals surface area (Å²) in [5.74, 6) is 0.880. The van der Waals surface area contributed by atoms with Gasteiger partial charge in [-0.1, -0.05) is 31.5 Å². The lowest BCUT2D eigenvalue weighted by atomic mass is 9.83. The van der Waals surface area contributed by atoms with Crippen LogP contribution in [0.1, 0.15) is 25.8 Å². The number of rotatable bonds is 5. The van der Waals surface area contributed by atoms with Gasteiger partial charge in [0.1, 0.15) is 11.4 Å². The van der Waals surface area contributed by atoms with E-state index in [0.29, 0.717) is 36.7 Å². The zero-order chi connectivity index (χ0) is 15.6. The number of β-amino-alcohol motifs (C(OH)–C–C–N with tert-alkyl or cyclic N) is 1. The van der Waals surface area contributed by atoms with Gasteiger partial charge in [0.05, 0.1) is 25.2 Å². The minimum atomic E-state index is -0.709. The Morgan fingerprint density at radius 3 is 2.67 bits per heavy atom. The van der Waals surface area contributed by atoms with Crippen molar-refractivity contribution in [3.05, 3.63) is 28.8 Å². The maximum absolute atomic E-state index is 12.1. The number of likely N-dealkylation sites (tertiary alicyclic amines) is 1. The highest BCUT2D eigenvalue weighted by Crippen LogP contribution is 2.29. The van der Waals surface area contributed by atoms with E-state index in [1.54, 1.807) is 12.0 Å². The first-order valence-electron chi connectivity index (χ1n) is 7.18. The first-order valence-corrected chi connectivity index (χ1v) is 7.56. The average Bonchev–Trinajstić information content (AvgIpc) is 2.41. The number of hydrogen-bond donors (Lipinski definition) is 1. The van der Waals surface area contributed by atoms with Crippen molar-refractivity contribution in [2.75, 3.05) is 20.2 Å². The topological polar surface area (TPSA) is 49.8 Å². The van der Waals surface area contributed by atoms with Gasteiger partial charge in [-0.3, -0.25) is 4.79 Å². The fourth-order valence-electron chi connectivity index (χ4n) is 2.43. The molecule has 21 heavy (non-hydrogen) atoms. The van der Waals surface area contributed by atoms with Crippen LogP contribution in [0.4, 0.5) is 0 Å². The van der Waals surface area contributed by atoms with Crippen LogP contribution in [0.25, 0.3) is 0 Å². The molecule has 1 aromatic carbocycles. The summed E-state index contributed by atoms with van der Waals surface area (Å²) >= 11 is 6.06. The molecule has 0 aliphatic carbocycles. The number of carbonyl (C=O) groups is 1. The van der Waals surface area contributed by atoms with Crippen molar-refractivity contribution < 1.29 is 14.6 Å². The molecule has 1 amide bonds. The van der Waals surface area contributed by atoms with E-state index in [-0.39, 0.29) is 11.8 Å². The van der Waals surface area contributed by atoms with E-state index in [4.69, 9.17) is 16.3 Å². The molecule has 0 saturated carbocycles. The molecular formula is C16H22ClNO3. The summed E-state index contributed by atoms with van der Waals surface area (Å²) in [6.45, 7) is 4.82. The van der Waals surface area contributed by atoms with Crippen LogP contribution in [-0.4, -0.2) is 41.7 Å². The molecule has 0 aromatic heterocycles. The first kappa shape index (κ1) is 16.1. The van der Waals surface area contributed by atoms with Crippen molar-refractivity contribution >= 4 is 17.5 Å². The summed E-state index contributed by atoms with van der Waals surface area (Å²) < 4.78 is 5.10. The summed E-state index contributed by atoms with van der Waals surface area (Å²) in [5, 5.41) is 10.7. The van der Waals surface area contributed by atoms with Gasteiger partial charge in [0.2, 0.25) is 5.91 Å². The minimum Gasteiger partial charge on any atom is -0.495 e. The van der Waals surface area contributed by atoms with Gasteiger partial charge >= 0.3 is 0 Å². The number of ether oxygens (including phenoxy) is 1. The fraction of sp³-hybridized carbons (Fsp3) is 0.562. The third-order valence-corrected chi connectivity index (χ3v) is 4.50. The molecule has 116 valence electrons. The Kier molecular flexibility index (Phi) is 4.79. The van der Waals surface area contributed by atoms with E-state index >= 15 is 0 Å². The molecule has 1 N–H and O–H groups in total. The smallest absolute Gasteiger partial charge is 0.223 e. The molecule has 0 atom stereocenters. The highest BCUT2D eigenvalue weighted by Gasteiger charge is 2.45. The molecule has 1 fully saturated rings. The van der Waals surface area contributed by atoms with Crippen molar-refractivity contribution in [2.45, 2.75) is 32.3 Å². The molecule has 1 aromatic rings. The average molecular weight is 312 g/mol. The summed E-state index contributed by atoms with van der Waals surface area (Å²) in [7, 11) is 1.57. The predicted molar refractivity (Wildman–Crippen MR) is 82.7 cm³/mol. The lowest BCUT2D eigenvalue weighted by Gasteiger charge is -2.49. The summed E-state index contributed by atoms with van der Waals surface area (Å²) in [4.78, 5) is 13.8. The number of amides is 1. The number of hydrogen-bond acceptors (Lipinski definition) is 3. The SMILES string of the molecule is COc1ccc(CCC(=O)N2CC(O)(C(C)C)C2)cc1Cl. The predicted octanol–water partition coefficient (Wildman–Crippen LogP) is 2.51. The van der Waals surface area contributed by atoms with Gasteiger partial charge in [0.15, 0.2) is 0 Å². The molecule has 0 bridgehead atoms. The molecule has 1 saturated heterocycles. The Labute approximate surface area is 130 Å². The van der Waals surface area contributed by atoms with Crippen LogP contribution in [0.5, 0.6) is 5.75 Å². The number of carbonyl (C=O) groups excluding carboxylic acids is 1. The van der Waals surface area contributed by atoms with Gasteiger partial charge in [0.25, 0.3) is 0 Å². The molecular weight excluding hydrogens is 290 g/mol. The highest BCUT2D eigenvalue weighted by atomic mass is 35.5. The van der Waals surface area contributed by atoms with E-state index in [2.05, 4.69) is 0 Å². The quantitative estimate of drug-likeness (QED) is 0.909. The minimum absolute atomic E-state index is 0.0762. The summed E-state index contributed by atoms with van der Waals surface area (Å²) in [6.07, 6.45) is 1.07. The van der Waals surface area contributed by atoms with E-state index in [1.165, 1.54) is 0 Å². The third kappa shape index (κ3) is 3.50. The van der Waals surface area contributed by atoms with Gasteiger partial charge in [-0.25, -0.2) is 0 Å². The van der Waals surface area contributed by atoms with Crippen molar-refractivity contribution in [1.82, 2.24) is 4.90 Å². The molecule has 0 radical (unpaired) electrons. The molecule has 1 heterocycles. The van der Waals surface area contributed by atoms with Crippen LogP contribution in [-0.2, 0) is 11.2 Å². The normalized spacial score (nSPS) is 16.8. The zero-order valence-corrected chi connectivity index (χ0v) is 13.5. The van der Waals surface area contributed by atoms with Crippen LogP contribution < -0.4 is 4.74 Å². The maximum Gasteiger partial charge on any atom is 0.223 e. The summed E-state index contributed by atoms with van der Waals surface area (Å²) in [6, 6.07) is 5.55. The molecule has 1 aliphatic heterocycles.